The molecule has 0 spiro atoms. The summed E-state index contributed by atoms with van der Waals surface area (Å²) in [6.45, 7) is 0. The number of rotatable bonds is 4. The molecule has 0 saturated heterocycles. The summed E-state index contributed by atoms with van der Waals surface area (Å²) in [5.74, 6) is 0. The van der Waals surface area contributed by atoms with E-state index >= 15 is 0 Å². The Bertz CT molecular complexity index is 698. The molecule has 0 saturated carbocycles. The van der Waals surface area contributed by atoms with E-state index in [0.717, 1.165) is 0 Å². The van der Waals surface area contributed by atoms with Gasteiger partial charge in [0.05, 0.1) is 21.1 Å². The first-order valence-electron chi connectivity index (χ1n) is 5.60. The second-order valence-electron chi connectivity index (χ2n) is 3.85. The topological polar surface area (TPSA) is 98.6 Å². The monoisotopic (exact) mass is 271 g/mol. The smallest absolute Gasteiger partial charge is 0.258 e. The second kappa shape index (κ2) is 5.70. The van der Waals surface area contributed by atoms with E-state index in [0.29, 0.717) is 11.3 Å². The third kappa shape index (κ3) is 3.02. The maximum absolute atomic E-state index is 10.8. The van der Waals surface area contributed by atoms with E-state index in [-0.39, 0.29) is 11.4 Å². The van der Waals surface area contributed by atoms with Crippen LogP contribution in [0.5, 0.6) is 0 Å². The fourth-order valence-corrected chi connectivity index (χ4v) is 1.59. The van der Waals surface area contributed by atoms with Crippen LogP contribution in [0.25, 0.3) is 0 Å². The van der Waals surface area contributed by atoms with Gasteiger partial charge in [-0.1, -0.05) is 18.2 Å². The molecule has 0 aliphatic carbocycles. The zero-order valence-electron chi connectivity index (χ0n) is 10.2. The van der Waals surface area contributed by atoms with Crippen LogP contribution >= 0.6 is 0 Å². The highest BCUT2D eigenvalue weighted by molar-refractivity contribution is 5.87. The number of para-hydroxylation sites is 1. The van der Waals surface area contributed by atoms with Gasteiger partial charge in [-0.15, -0.1) is 0 Å². The van der Waals surface area contributed by atoms with Crippen molar-refractivity contribution in [3.8, 4) is 0 Å². The van der Waals surface area contributed by atoms with Crippen molar-refractivity contribution in [3.63, 3.8) is 0 Å². The summed E-state index contributed by atoms with van der Waals surface area (Å²) in [6.07, 6.45) is 1.32. The van der Waals surface area contributed by atoms with Gasteiger partial charge >= 0.3 is 0 Å². The quantitative estimate of drug-likeness (QED) is 0.484. The van der Waals surface area contributed by atoms with Gasteiger partial charge in [-0.25, -0.2) is 0 Å². The van der Waals surface area contributed by atoms with Gasteiger partial charge < -0.3 is 0 Å². The number of nitro benzene ring substituents is 2. The van der Waals surface area contributed by atoms with Crippen molar-refractivity contribution in [3.05, 3.63) is 74.3 Å². The highest BCUT2D eigenvalue weighted by Crippen LogP contribution is 2.21. The molecule has 0 unspecified atom stereocenters. The summed E-state index contributed by atoms with van der Waals surface area (Å²) in [4.78, 5) is 24.5. The molecule has 0 aliphatic rings. The molecule has 0 N–H and O–H groups in total. The highest BCUT2D eigenvalue weighted by atomic mass is 16.6. The van der Waals surface area contributed by atoms with E-state index in [9.17, 15) is 20.2 Å². The molecule has 2 rings (SSSR count). The summed E-state index contributed by atoms with van der Waals surface area (Å²) in [5.41, 5.74) is 0.547. The van der Waals surface area contributed by atoms with Gasteiger partial charge in [0.2, 0.25) is 0 Å². The fraction of sp³-hybridized carbons (Fsp3) is 0. The van der Waals surface area contributed by atoms with E-state index in [1.165, 1.54) is 30.5 Å². The fourth-order valence-electron chi connectivity index (χ4n) is 1.59. The molecular formula is C13H9N3O4. The molecule has 2 aromatic rings. The summed E-state index contributed by atoms with van der Waals surface area (Å²) >= 11 is 0. The second-order valence-corrected chi connectivity index (χ2v) is 3.85. The Labute approximate surface area is 113 Å². The van der Waals surface area contributed by atoms with Gasteiger partial charge in [0.15, 0.2) is 0 Å². The third-order valence-electron chi connectivity index (χ3n) is 2.53. The number of aliphatic imine (C=N–C) groups is 1. The predicted octanol–water partition coefficient (Wildman–Crippen LogP) is 3.25. The number of non-ortho nitro benzene ring substituents is 1. The van der Waals surface area contributed by atoms with E-state index < -0.39 is 9.85 Å². The van der Waals surface area contributed by atoms with Crippen molar-refractivity contribution in [2.75, 3.05) is 0 Å². The van der Waals surface area contributed by atoms with Gasteiger partial charge in [-0.2, -0.15) is 0 Å². The van der Waals surface area contributed by atoms with E-state index in [1.807, 2.05) is 0 Å². The van der Waals surface area contributed by atoms with E-state index in [1.54, 1.807) is 24.3 Å². The Balaban J connectivity index is 2.32. The molecule has 20 heavy (non-hydrogen) atoms. The number of hydrogen-bond acceptors (Lipinski definition) is 5. The van der Waals surface area contributed by atoms with Crippen LogP contribution in [0, 0.1) is 20.2 Å². The van der Waals surface area contributed by atoms with Crippen molar-refractivity contribution >= 4 is 23.3 Å². The maximum atomic E-state index is 10.8. The largest absolute Gasteiger partial charge is 0.278 e. The Hall–Kier alpha value is -3.09. The van der Waals surface area contributed by atoms with Crippen LogP contribution in [0.1, 0.15) is 5.56 Å². The Morgan fingerprint density at radius 2 is 1.70 bits per heavy atom. The standard InChI is InChI=1S/C13H9N3O4/c17-15(18)12-6-3-5-11(8-12)14-9-10-4-1-2-7-13(10)16(19)20/h1-9H. The molecule has 7 heteroatoms. The van der Waals surface area contributed by atoms with Crippen molar-refractivity contribution in [2.24, 2.45) is 4.99 Å². The van der Waals surface area contributed by atoms with Gasteiger partial charge in [0.1, 0.15) is 0 Å². The summed E-state index contributed by atoms with van der Waals surface area (Å²) in [5, 5.41) is 21.5. The summed E-state index contributed by atoms with van der Waals surface area (Å²) in [6, 6.07) is 11.9. The molecule has 0 radical (unpaired) electrons. The Morgan fingerprint density at radius 1 is 0.950 bits per heavy atom. The summed E-state index contributed by atoms with van der Waals surface area (Å²) < 4.78 is 0. The maximum Gasteiger partial charge on any atom is 0.278 e. The molecule has 0 fully saturated rings. The molecule has 0 bridgehead atoms. The lowest BCUT2D eigenvalue weighted by molar-refractivity contribution is -0.385. The van der Waals surface area contributed by atoms with Gasteiger partial charge in [0.25, 0.3) is 11.4 Å². The molecule has 0 heterocycles. The van der Waals surface area contributed by atoms with E-state index in [2.05, 4.69) is 4.99 Å². The van der Waals surface area contributed by atoms with Crippen molar-refractivity contribution in [1.82, 2.24) is 0 Å². The zero-order chi connectivity index (χ0) is 14.5. The lowest BCUT2D eigenvalue weighted by atomic mass is 10.2. The molecule has 100 valence electrons. The molecule has 0 aliphatic heterocycles. The van der Waals surface area contributed by atoms with Crippen molar-refractivity contribution < 1.29 is 9.85 Å². The highest BCUT2D eigenvalue weighted by Gasteiger charge is 2.10. The first kappa shape index (κ1) is 13.3. The molecule has 2 aromatic carbocycles. The number of benzene rings is 2. The van der Waals surface area contributed by atoms with Crippen LogP contribution in [0.4, 0.5) is 17.1 Å². The number of nitrogens with zero attached hydrogens (tertiary/aromatic N) is 3. The lowest BCUT2D eigenvalue weighted by Gasteiger charge is -1.97. The average Bonchev–Trinajstić information content (AvgIpc) is 2.45. The Kier molecular flexibility index (Phi) is 3.80. The van der Waals surface area contributed by atoms with Gasteiger partial charge in [-0.3, -0.25) is 25.2 Å². The third-order valence-corrected chi connectivity index (χ3v) is 2.53. The van der Waals surface area contributed by atoms with E-state index in [4.69, 9.17) is 0 Å². The molecule has 0 aromatic heterocycles. The minimum Gasteiger partial charge on any atom is -0.258 e. The minimum absolute atomic E-state index is 0.0679. The number of hydrogen-bond donors (Lipinski definition) is 0. The predicted molar refractivity (Wildman–Crippen MR) is 73.4 cm³/mol. The first-order valence-corrected chi connectivity index (χ1v) is 5.60. The molecule has 0 amide bonds. The van der Waals surface area contributed by atoms with Crippen LogP contribution in [0.3, 0.4) is 0 Å². The number of nitro groups is 2. The molecular weight excluding hydrogens is 262 g/mol. The lowest BCUT2D eigenvalue weighted by Crippen LogP contribution is -1.93. The van der Waals surface area contributed by atoms with Crippen LogP contribution in [0.15, 0.2) is 53.5 Å². The Morgan fingerprint density at radius 3 is 2.40 bits per heavy atom. The molecule has 7 nitrogen and oxygen atoms in total. The normalized spacial score (nSPS) is 10.6. The van der Waals surface area contributed by atoms with Crippen LogP contribution in [0.2, 0.25) is 0 Å². The van der Waals surface area contributed by atoms with Gasteiger partial charge in [0, 0.05) is 24.4 Å². The van der Waals surface area contributed by atoms with Crippen molar-refractivity contribution in [1.29, 1.82) is 0 Å². The van der Waals surface area contributed by atoms with Crippen LogP contribution in [-0.4, -0.2) is 16.1 Å². The van der Waals surface area contributed by atoms with Crippen LogP contribution in [-0.2, 0) is 0 Å². The van der Waals surface area contributed by atoms with Gasteiger partial charge in [-0.05, 0) is 12.1 Å². The minimum atomic E-state index is -0.524. The first-order chi connectivity index (χ1) is 9.58. The summed E-state index contributed by atoms with van der Waals surface area (Å²) in [7, 11) is 0. The average molecular weight is 271 g/mol. The molecule has 0 atom stereocenters. The SMILES string of the molecule is O=[N+]([O-])c1cccc(N=Cc2ccccc2[N+](=O)[O-])c1. The van der Waals surface area contributed by atoms with Crippen molar-refractivity contribution in [2.45, 2.75) is 0 Å². The zero-order valence-corrected chi connectivity index (χ0v) is 10.2. The van der Waals surface area contributed by atoms with Crippen LogP contribution < -0.4 is 0 Å².